The highest BCUT2D eigenvalue weighted by atomic mass is 16.5. The van der Waals surface area contributed by atoms with Crippen LogP contribution in [-0.4, -0.2) is 56.7 Å². The van der Waals surface area contributed by atoms with Gasteiger partial charge in [-0.15, -0.1) is 0 Å². The minimum atomic E-state index is -2.64. The first-order valence-electron chi connectivity index (χ1n) is 14.5. The van der Waals surface area contributed by atoms with E-state index in [0.717, 1.165) is 11.1 Å². The highest BCUT2D eigenvalue weighted by Gasteiger charge is 2.64. The molecule has 10 nitrogen and oxygen atoms in total. The van der Waals surface area contributed by atoms with E-state index in [0.29, 0.717) is 23.4 Å². The number of benzene rings is 2. The second kappa shape index (κ2) is 10.8. The number of hydrogen-bond donors (Lipinski definition) is 6. The lowest BCUT2D eigenvalue weighted by atomic mass is 9.54. The van der Waals surface area contributed by atoms with Crippen molar-refractivity contribution in [1.29, 1.82) is 0 Å². The van der Waals surface area contributed by atoms with Crippen LogP contribution in [0.25, 0.3) is 16.9 Å². The fourth-order valence-corrected chi connectivity index (χ4v) is 7.13. The van der Waals surface area contributed by atoms with E-state index in [1.165, 1.54) is 6.07 Å². The van der Waals surface area contributed by atoms with Gasteiger partial charge in [0.15, 0.2) is 11.4 Å². The van der Waals surface area contributed by atoms with Gasteiger partial charge in [-0.2, -0.15) is 0 Å². The van der Waals surface area contributed by atoms with Crippen molar-refractivity contribution >= 4 is 23.2 Å². The highest BCUT2D eigenvalue weighted by Crippen LogP contribution is 2.55. The zero-order valence-electron chi connectivity index (χ0n) is 24.9. The Labute approximate surface area is 249 Å². The number of fused-ring (bicyclic) bond motifs is 3. The van der Waals surface area contributed by atoms with Crippen molar-refractivity contribution in [2.24, 2.45) is 29.4 Å². The number of phenolic OH excluding ortho intramolecular Hbond substituents is 1. The number of methoxy groups -OCH3 is 1. The van der Waals surface area contributed by atoms with Gasteiger partial charge in [0.2, 0.25) is 5.78 Å². The molecule has 0 spiro atoms. The average molecular weight is 591 g/mol. The Hall–Kier alpha value is -4.15. The van der Waals surface area contributed by atoms with Crippen LogP contribution >= 0.6 is 0 Å². The summed E-state index contributed by atoms with van der Waals surface area (Å²) < 4.78 is 5.68. The molecule has 5 rings (SSSR count). The first-order chi connectivity index (χ1) is 20.2. The first-order valence-corrected chi connectivity index (χ1v) is 14.5. The van der Waals surface area contributed by atoms with E-state index >= 15 is 0 Å². The van der Waals surface area contributed by atoms with Crippen molar-refractivity contribution in [3.8, 4) is 22.6 Å². The molecular weight excluding hydrogens is 552 g/mol. The molecule has 2 aromatic carbocycles. The number of ketones is 2. The number of rotatable bonds is 7. The van der Waals surface area contributed by atoms with Gasteiger partial charge in [-0.25, -0.2) is 0 Å². The smallest absolute Gasteiger partial charge is 0.255 e. The van der Waals surface area contributed by atoms with Crippen molar-refractivity contribution in [1.82, 2.24) is 5.32 Å². The first kappa shape index (κ1) is 30.3. The van der Waals surface area contributed by atoms with Crippen molar-refractivity contribution in [3.05, 3.63) is 63.9 Å². The number of Topliss-reactive ketones (excluding diaryl/α,β-unsaturated/α-hetero) is 2. The number of aliphatic hydroxyl groups excluding tert-OH is 2. The minimum absolute atomic E-state index is 0.0396. The molecule has 228 valence electrons. The molecule has 0 unspecified atom stereocenters. The lowest BCUT2D eigenvalue weighted by Gasteiger charge is -2.50. The molecule has 1 saturated carbocycles. The lowest BCUT2D eigenvalue weighted by molar-refractivity contribution is -0.155. The number of carbonyl (C=O) groups is 3. The molecule has 3 aliphatic carbocycles. The molecule has 0 aromatic heterocycles. The maximum Gasteiger partial charge on any atom is 0.255 e. The number of hydrogen-bond acceptors (Lipinski definition) is 9. The zero-order chi connectivity index (χ0) is 31.5. The summed E-state index contributed by atoms with van der Waals surface area (Å²) in [5.74, 6) is -7.38. The number of carbonyl (C=O) groups excluding carboxylic acids is 3. The summed E-state index contributed by atoms with van der Waals surface area (Å²) in [5, 5.41) is 48.8. The van der Waals surface area contributed by atoms with Gasteiger partial charge in [-0.3, -0.25) is 14.4 Å². The maximum absolute atomic E-state index is 14.1. The van der Waals surface area contributed by atoms with E-state index in [4.69, 9.17) is 10.5 Å². The number of aromatic hydroxyl groups is 1. The van der Waals surface area contributed by atoms with Gasteiger partial charge in [0.05, 0.1) is 12.7 Å². The summed E-state index contributed by atoms with van der Waals surface area (Å²) in [5.41, 5.74) is 4.83. The van der Waals surface area contributed by atoms with Crippen molar-refractivity contribution in [2.45, 2.75) is 58.7 Å². The van der Waals surface area contributed by atoms with Crippen molar-refractivity contribution < 1.29 is 39.5 Å². The van der Waals surface area contributed by atoms with Gasteiger partial charge < -0.3 is 36.2 Å². The lowest BCUT2D eigenvalue weighted by Crippen LogP contribution is -2.62. The second-order valence-corrected chi connectivity index (χ2v) is 12.4. The summed E-state index contributed by atoms with van der Waals surface area (Å²) in [6.07, 6.45) is 0.247. The van der Waals surface area contributed by atoms with Crippen molar-refractivity contribution in [3.63, 3.8) is 0 Å². The summed E-state index contributed by atoms with van der Waals surface area (Å²) >= 11 is 0. The largest absolute Gasteiger partial charge is 0.508 e. The predicted octanol–water partition coefficient (Wildman–Crippen LogP) is 3.48. The zero-order valence-corrected chi connectivity index (χ0v) is 24.9. The minimum Gasteiger partial charge on any atom is -0.508 e. The number of nitrogens with two attached hydrogens (primary N) is 1. The number of primary amides is 1. The summed E-state index contributed by atoms with van der Waals surface area (Å²) in [4.78, 5) is 39.7. The number of ether oxygens (including phenoxy) is 1. The topological polar surface area (TPSA) is 179 Å². The Morgan fingerprint density at radius 3 is 2.40 bits per heavy atom. The molecule has 1 fully saturated rings. The Kier molecular flexibility index (Phi) is 7.64. The van der Waals surface area contributed by atoms with Crippen LogP contribution in [0.4, 0.5) is 0 Å². The van der Waals surface area contributed by atoms with Crippen LogP contribution in [0.3, 0.4) is 0 Å². The Balaban J connectivity index is 1.70. The van der Waals surface area contributed by atoms with Crippen molar-refractivity contribution in [2.75, 3.05) is 7.11 Å². The summed E-state index contributed by atoms with van der Waals surface area (Å²) in [6.45, 7) is 8.17. The molecule has 7 N–H and O–H groups in total. The summed E-state index contributed by atoms with van der Waals surface area (Å²) in [7, 11) is 1.56. The molecule has 4 atom stereocenters. The molecular formula is C33H38N2O8. The van der Waals surface area contributed by atoms with E-state index in [1.807, 2.05) is 32.0 Å². The molecule has 0 saturated heterocycles. The molecule has 43 heavy (non-hydrogen) atoms. The maximum atomic E-state index is 14.1. The fraction of sp³-hybridized carbons (Fsp3) is 0.424. The van der Waals surface area contributed by atoms with E-state index in [2.05, 4.69) is 5.32 Å². The van der Waals surface area contributed by atoms with E-state index < -0.39 is 63.8 Å². The molecule has 3 aliphatic rings. The number of phenols is 1. The molecule has 1 amide bonds. The Morgan fingerprint density at radius 2 is 1.79 bits per heavy atom. The van der Waals surface area contributed by atoms with Gasteiger partial charge in [0.1, 0.15) is 28.6 Å². The van der Waals surface area contributed by atoms with Crippen LogP contribution in [0, 0.1) is 23.7 Å². The molecule has 0 heterocycles. The number of aliphatic hydroxyl groups is 3. The summed E-state index contributed by atoms with van der Waals surface area (Å²) in [6, 6.07) is 9.21. The number of amides is 1. The molecule has 0 aliphatic heterocycles. The van der Waals surface area contributed by atoms with Gasteiger partial charge in [-0.05, 0) is 59.6 Å². The third kappa shape index (κ3) is 4.60. The second-order valence-electron chi connectivity index (χ2n) is 12.4. The van der Waals surface area contributed by atoms with E-state index in [1.54, 1.807) is 27.0 Å². The van der Waals surface area contributed by atoms with E-state index in [9.17, 15) is 34.8 Å². The third-order valence-corrected chi connectivity index (χ3v) is 9.12. The average Bonchev–Trinajstić information content (AvgIpc) is 2.93. The molecule has 2 aromatic rings. The highest BCUT2D eigenvalue weighted by molar-refractivity contribution is 6.23. The quantitative estimate of drug-likeness (QED) is 0.263. The standard InChI is InChI=1S/C33H38N2O8/c1-14(2)24-21-12-17-11-20-18(19-10-16(13-35-15(3)4)6-9-23(19)43-5)7-8-22(36)26(20)29(38)25(17)30(39)33(21,42)31(40)27(28(24)37)32(34)41/h6-10,14-15,17,21,24,35-36,38,40,42H,11-13H2,1-5H3,(H2,34,41)/t17-,21-,24-,33-/m0/s1. The van der Waals surface area contributed by atoms with Crippen LogP contribution in [-0.2, 0) is 27.3 Å². The Bertz CT molecular complexity index is 1600. The van der Waals surface area contributed by atoms with E-state index in [-0.39, 0.29) is 35.8 Å². The van der Waals surface area contributed by atoms with Gasteiger partial charge >= 0.3 is 0 Å². The Morgan fingerprint density at radius 1 is 1.09 bits per heavy atom. The van der Waals surface area contributed by atoms with Crippen LogP contribution < -0.4 is 15.8 Å². The molecule has 0 bridgehead atoms. The van der Waals surface area contributed by atoms with Crippen LogP contribution in [0.5, 0.6) is 11.5 Å². The SMILES string of the molecule is COc1ccc(CNC(C)C)cc1-c1ccc(O)c2c1C[C@H]1C[C@H]3[C@H](C(C)C)C(=O)C(C(N)=O)=C(O)[C@@]3(O)C(=O)C1=C2O. The molecule has 0 radical (unpaired) electrons. The van der Waals surface area contributed by atoms with Gasteiger partial charge in [-0.1, -0.05) is 39.8 Å². The van der Waals surface area contributed by atoms with Gasteiger partial charge in [0.25, 0.3) is 5.91 Å². The van der Waals surface area contributed by atoms with Crippen LogP contribution in [0.1, 0.15) is 50.8 Å². The van der Waals surface area contributed by atoms with Gasteiger partial charge in [0, 0.05) is 35.6 Å². The van der Waals surface area contributed by atoms with Crippen LogP contribution in [0.15, 0.2) is 47.2 Å². The predicted molar refractivity (Wildman–Crippen MR) is 159 cm³/mol. The fourth-order valence-electron chi connectivity index (χ4n) is 7.13. The normalized spacial score (nSPS) is 25.2. The van der Waals surface area contributed by atoms with Crippen LogP contribution in [0.2, 0.25) is 0 Å². The number of nitrogens with one attached hydrogen (secondary N) is 1. The third-order valence-electron chi connectivity index (χ3n) is 9.12. The molecule has 10 heteroatoms. The monoisotopic (exact) mass is 590 g/mol.